The van der Waals surface area contributed by atoms with Gasteiger partial charge in [0.15, 0.2) is 0 Å². The number of amides is 2. The number of ether oxygens (including phenoxy) is 3. The molecule has 0 unspecified atom stereocenters. The molecule has 0 heterocycles. The van der Waals surface area contributed by atoms with Crippen LogP contribution < -0.4 is 15.4 Å². The number of rotatable bonds is 6. The van der Waals surface area contributed by atoms with Crippen LogP contribution in [0.2, 0.25) is 0 Å². The van der Waals surface area contributed by atoms with Crippen LogP contribution in [0.15, 0.2) is 27.7 Å². The Kier molecular flexibility index (Phi) is 10.4. The summed E-state index contributed by atoms with van der Waals surface area (Å²) in [5, 5.41) is 4.95. The van der Waals surface area contributed by atoms with Crippen LogP contribution in [0.4, 0.5) is 9.59 Å². The Morgan fingerprint density at radius 1 is 0.941 bits per heavy atom. The lowest BCUT2D eigenvalue weighted by Crippen LogP contribution is -2.47. The Labute approximate surface area is 212 Å². The van der Waals surface area contributed by atoms with Gasteiger partial charge in [0.2, 0.25) is 5.96 Å². The Morgan fingerprint density at radius 3 is 1.85 bits per heavy atom. The van der Waals surface area contributed by atoms with Crippen molar-refractivity contribution in [3.8, 4) is 5.75 Å². The van der Waals surface area contributed by atoms with E-state index in [1.807, 2.05) is 18.2 Å². The average molecular weight is 543 g/mol. The van der Waals surface area contributed by atoms with E-state index in [4.69, 9.17) is 14.2 Å². The van der Waals surface area contributed by atoms with Crippen molar-refractivity contribution in [2.45, 2.75) is 99.0 Å². The van der Waals surface area contributed by atoms with Gasteiger partial charge >= 0.3 is 12.2 Å². The number of carbonyl (C=O) groups excluding carboxylic acids is 2. The van der Waals surface area contributed by atoms with Crippen LogP contribution >= 0.6 is 15.9 Å². The van der Waals surface area contributed by atoms with E-state index in [1.54, 1.807) is 41.5 Å². The fraction of sp³-hybridized carbons (Fsp3) is 0.640. The van der Waals surface area contributed by atoms with Crippen molar-refractivity contribution < 1.29 is 23.8 Å². The smallest absolute Gasteiger partial charge is 0.414 e. The predicted octanol–water partition coefficient (Wildman–Crippen LogP) is 6.56. The van der Waals surface area contributed by atoms with Crippen LogP contribution in [0.5, 0.6) is 5.75 Å². The first kappa shape index (κ1) is 29.7. The summed E-state index contributed by atoms with van der Waals surface area (Å²) < 4.78 is 17.5. The topological polar surface area (TPSA) is 98.3 Å². The molecule has 0 radical (unpaired) electrons. The first-order valence-electron chi connectivity index (χ1n) is 11.4. The zero-order chi connectivity index (χ0) is 26.3. The molecule has 0 aliphatic rings. The quantitative estimate of drug-likeness (QED) is 0.314. The van der Waals surface area contributed by atoms with Crippen LogP contribution in [-0.4, -0.2) is 34.9 Å². The van der Waals surface area contributed by atoms with Gasteiger partial charge in [-0.25, -0.2) is 14.6 Å². The van der Waals surface area contributed by atoms with E-state index in [1.165, 1.54) is 0 Å². The van der Waals surface area contributed by atoms with E-state index in [0.29, 0.717) is 5.92 Å². The van der Waals surface area contributed by atoms with Gasteiger partial charge in [0.1, 0.15) is 22.6 Å². The van der Waals surface area contributed by atoms with Crippen LogP contribution in [0.1, 0.15) is 81.2 Å². The van der Waals surface area contributed by atoms with Gasteiger partial charge in [-0.1, -0.05) is 19.9 Å². The van der Waals surface area contributed by atoms with E-state index in [0.717, 1.165) is 22.2 Å². The summed E-state index contributed by atoms with van der Waals surface area (Å²) in [6, 6.07) is 5.65. The molecule has 0 spiro atoms. The fourth-order valence-corrected chi connectivity index (χ4v) is 3.64. The highest BCUT2D eigenvalue weighted by atomic mass is 79.9. The van der Waals surface area contributed by atoms with Gasteiger partial charge in [0, 0.05) is 0 Å². The third-order valence-electron chi connectivity index (χ3n) is 3.94. The highest BCUT2D eigenvalue weighted by molar-refractivity contribution is 9.10. The van der Waals surface area contributed by atoms with Gasteiger partial charge in [-0.3, -0.25) is 10.6 Å². The zero-order valence-corrected chi connectivity index (χ0v) is 23.7. The molecular weight excluding hydrogens is 502 g/mol. The van der Waals surface area contributed by atoms with Crippen LogP contribution in [0.3, 0.4) is 0 Å². The number of halogens is 1. The second-order valence-electron chi connectivity index (χ2n) is 11.1. The minimum absolute atomic E-state index is 0.0713. The van der Waals surface area contributed by atoms with E-state index in [9.17, 15) is 9.59 Å². The molecule has 1 rings (SSSR count). The standard InChI is InChI=1S/C25H40BrN3O5/c1-16(2)14-25(9,10)32-19-12-11-17(13-18(19)26)15-27-20(28-21(30)33-23(3,4)5)29-22(31)34-24(6,7)8/h11-13,16H,14-15H2,1-10H3,(H2,27,28,29,30,31). The van der Waals surface area contributed by atoms with E-state index in [-0.39, 0.29) is 18.1 Å². The molecule has 2 N–H and O–H groups in total. The number of guanidine groups is 1. The first-order valence-corrected chi connectivity index (χ1v) is 12.2. The van der Waals surface area contributed by atoms with Gasteiger partial charge in [-0.05, 0) is 101 Å². The second-order valence-corrected chi connectivity index (χ2v) is 12.0. The first-order chi connectivity index (χ1) is 15.3. The average Bonchev–Trinajstić information content (AvgIpc) is 2.57. The molecule has 9 heteroatoms. The largest absolute Gasteiger partial charge is 0.487 e. The highest BCUT2D eigenvalue weighted by Gasteiger charge is 2.23. The number of aliphatic imine (C=N–C) groups is 1. The highest BCUT2D eigenvalue weighted by Crippen LogP contribution is 2.31. The lowest BCUT2D eigenvalue weighted by Gasteiger charge is -2.29. The molecule has 192 valence electrons. The van der Waals surface area contributed by atoms with Crippen molar-refractivity contribution in [1.29, 1.82) is 0 Å². The Bertz CT molecular complexity index is 852. The molecule has 1 aromatic carbocycles. The Hall–Kier alpha value is -2.29. The van der Waals surface area contributed by atoms with Crippen molar-refractivity contribution in [2.24, 2.45) is 10.9 Å². The molecule has 34 heavy (non-hydrogen) atoms. The summed E-state index contributed by atoms with van der Waals surface area (Å²) in [5.74, 6) is 1.17. The number of nitrogens with one attached hydrogen (secondary N) is 2. The van der Waals surface area contributed by atoms with Crippen LogP contribution in [0, 0.1) is 5.92 Å². The number of nitrogens with zero attached hydrogens (tertiary/aromatic N) is 1. The van der Waals surface area contributed by atoms with Gasteiger partial charge in [-0.15, -0.1) is 0 Å². The SMILES string of the molecule is CC(C)CC(C)(C)Oc1ccc(CN=C(NC(=O)OC(C)(C)C)NC(=O)OC(C)(C)C)cc1Br. The van der Waals surface area contributed by atoms with E-state index >= 15 is 0 Å². The van der Waals surface area contributed by atoms with Crippen LogP contribution in [-0.2, 0) is 16.0 Å². The number of hydrogen-bond acceptors (Lipinski definition) is 6. The summed E-state index contributed by atoms with van der Waals surface area (Å²) in [6.07, 6.45) is -0.555. The molecule has 0 bridgehead atoms. The summed E-state index contributed by atoms with van der Waals surface area (Å²) in [6.45, 7) is 19.1. The maximum atomic E-state index is 12.2. The Balaban J connectivity index is 3.01. The number of carbonyl (C=O) groups is 2. The van der Waals surface area contributed by atoms with E-state index < -0.39 is 23.4 Å². The van der Waals surface area contributed by atoms with Gasteiger partial charge in [0.25, 0.3) is 0 Å². The van der Waals surface area contributed by atoms with Gasteiger partial charge in [-0.2, -0.15) is 0 Å². The molecule has 1 aromatic rings. The summed E-state index contributed by atoms with van der Waals surface area (Å²) in [7, 11) is 0. The van der Waals surface area contributed by atoms with Crippen molar-refractivity contribution in [3.63, 3.8) is 0 Å². The molecule has 0 aliphatic carbocycles. The minimum Gasteiger partial charge on any atom is -0.487 e. The van der Waals surface area contributed by atoms with Gasteiger partial charge < -0.3 is 14.2 Å². The number of hydrogen-bond donors (Lipinski definition) is 2. The zero-order valence-electron chi connectivity index (χ0n) is 22.1. The molecule has 0 fully saturated rings. The summed E-state index contributed by atoms with van der Waals surface area (Å²) in [4.78, 5) is 28.8. The second kappa shape index (κ2) is 11.9. The molecule has 0 saturated carbocycles. The van der Waals surface area contributed by atoms with E-state index in [2.05, 4.69) is 59.3 Å². The third kappa shape index (κ3) is 12.8. The maximum Gasteiger partial charge on any atom is 0.414 e. The van der Waals surface area contributed by atoms with Crippen molar-refractivity contribution >= 4 is 34.1 Å². The molecule has 2 amide bonds. The number of alkyl carbamates (subject to hydrolysis) is 2. The lowest BCUT2D eigenvalue weighted by molar-refractivity contribution is 0.0544. The summed E-state index contributed by atoms with van der Waals surface area (Å²) >= 11 is 3.57. The molecule has 0 atom stereocenters. The molecule has 0 aromatic heterocycles. The monoisotopic (exact) mass is 541 g/mol. The normalized spacial score (nSPS) is 12.1. The van der Waals surface area contributed by atoms with Crippen molar-refractivity contribution in [3.05, 3.63) is 28.2 Å². The minimum atomic E-state index is -0.736. The summed E-state index contributed by atoms with van der Waals surface area (Å²) in [5.41, 5.74) is -0.871. The molecule has 0 aliphatic heterocycles. The molecule has 8 nitrogen and oxygen atoms in total. The molecular formula is C25H40BrN3O5. The van der Waals surface area contributed by atoms with Crippen molar-refractivity contribution in [1.82, 2.24) is 10.6 Å². The predicted molar refractivity (Wildman–Crippen MR) is 138 cm³/mol. The fourth-order valence-electron chi connectivity index (χ4n) is 3.13. The molecule has 0 saturated heterocycles. The maximum absolute atomic E-state index is 12.2. The third-order valence-corrected chi connectivity index (χ3v) is 4.56. The van der Waals surface area contributed by atoms with Crippen molar-refractivity contribution in [2.75, 3.05) is 0 Å². The van der Waals surface area contributed by atoms with Crippen LogP contribution in [0.25, 0.3) is 0 Å². The lowest BCUT2D eigenvalue weighted by atomic mass is 9.96. The Morgan fingerprint density at radius 2 is 1.44 bits per heavy atom. The number of benzene rings is 1. The van der Waals surface area contributed by atoms with Gasteiger partial charge in [0.05, 0.1) is 11.0 Å².